The SMILES string of the molecule is CC1C=C(Cl)C=CC1C1=C(CCCCC(=O)O)NC2=CC(C=O)CC=C2N1. The number of aliphatic carboxylic acids is 1. The van der Waals surface area contributed by atoms with Crippen molar-refractivity contribution in [2.75, 3.05) is 0 Å². The van der Waals surface area contributed by atoms with Crippen LogP contribution in [0.3, 0.4) is 0 Å². The summed E-state index contributed by atoms with van der Waals surface area (Å²) in [4.78, 5) is 21.9. The summed E-state index contributed by atoms with van der Waals surface area (Å²) in [6.07, 6.45) is 14.1. The van der Waals surface area contributed by atoms with Crippen molar-refractivity contribution in [2.24, 2.45) is 17.8 Å². The number of hydrogen-bond donors (Lipinski definition) is 3. The van der Waals surface area contributed by atoms with Crippen molar-refractivity contribution in [2.45, 2.75) is 39.0 Å². The Labute approximate surface area is 164 Å². The molecule has 3 aliphatic rings. The Morgan fingerprint density at radius 3 is 2.81 bits per heavy atom. The molecular weight excluding hydrogens is 364 g/mol. The van der Waals surface area contributed by atoms with Gasteiger partial charge >= 0.3 is 5.97 Å². The smallest absolute Gasteiger partial charge is 0.303 e. The Kier molecular flexibility index (Phi) is 6.22. The molecule has 3 atom stereocenters. The molecule has 0 radical (unpaired) electrons. The number of nitrogens with one attached hydrogen (secondary N) is 2. The highest BCUT2D eigenvalue weighted by atomic mass is 35.5. The molecule has 0 saturated heterocycles. The van der Waals surface area contributed by atoms with E-state index in [1.165, 1.54) is 0 Å². The molecule has 0 spiro atoms. The first-order valence-electron chi connectivity index (χ1n) is 9.40. The number of carboxylic acid groups (broad SMARTS) is 1. The molecule has 3 unspecified atom stereocenters. The molecule has 0 bridgehead atoms. The Balaban J connectivity index is 1.85. The Morgan fingerprint density at radius 1 is 1.30 bits per heavy atom. The van der Waals surface area contributed by atoms with Crippen LogP contribution in [0, 0.1) is 17.8 Å². The van der Waals surface area contributed by atoms with Gasteiger partial charge in [-0.15, -0.1) is 0 Å². The van der Waals surface area contributed by atoms with Gasteiger partial charge in [0.1, 0.15) is 6.29 Å². The van der Waals surface area contributed by atoms with Crippen molar-refractivity contribution in [3.63, 3.8) is 0 Å². The van der Waals surface area contributed by atoms with Gasteiger partial charge in [-0.2, -0.15) is 0 Å². The van der Waals surface area contributed by atoms with Crippen molar-refractivity contribution >= 4 is 23.9 Å². The molecule has 144 valence electrons. The number of aldehydes is 1. The zero-order chi connectivity index (χ0) is 19.4. The number of unbranched alkanes of at least 4 members (excludes halogenated alkanes) is 1. The zero-order valence-corrected chi connectivity index (χ0v) is 16.1. The summed E-state index contributed by atoms with van der Waals surface area (Å²) in [7, 11) is 0. The first kappa shape index (κ1) is 19.5. The molecule has 0 aromatic heterocycles. The second-order valence-electron chi connectivity index (χ2n) is 7.27. The summed E-state index contributed by atoms with van der Waals surface area (Å²) in [5.41, 5.74) is 4.08. The van der Waals surface area contributed by atoms with Gasteiger partial charge in [0.2, 0.25) is 0 Å². The van der Waals surface area contributed by atoms with Crippen LogP contribution >= 0.6 is 11.6 Å². The average Bonchev–Trinajstić information content (AvgIpc) is 2.64. The third kappa shape index (κ3) is 4.72. The number of fused-ring (bicyclic) bond motifs is 1. The topological polar surface area (TPSA) is 78.4 Å². The maximum absolute atomic E-state index is 11.2. The van der Waals surface area contributed by atoms with Gasteiger partial charge in [0.15, 0.2) is 0 Å². The van der Waals surface area contributed by atoms with Crippen molar-refractivity contribution in [1.82, 2.24) is 10.6 Å². The molecule has 3 N–H and O–H groups in total. The molecule has 0 saturated carbocycles. The summed E-state index contributed by atoms with van der Waals surface area (Å²) < 4.78 is 0. The molecule has 1 heterocycles. The Bertz CT molecular complexity index is 776. The summed E-state index contributed by atoms with van der Waals surface area (Å²) in [5, 5.41) is 16.7. The largest absolute Gasteiger partial charge is 0.481 e. The van der Waals surface area contributed by atoms with E-state index in [2.05, 4.69) is 29.7 Å². The lowest BCUT2D eigenvalue weighted by Crippen LogP contribution is -2.38. The van der Waals surface area contributed by atoms with E-state index in [1.54, 1.807) is 0 Å². The molecular formula is C21H25ClN2O3. The van der Waals surface area contributed by atoms with Crippen LogP contribution in [0.15, 0.2) is 58.2 Å². The summed E-state index contributed by atoms with van der Waals surface area (Å²) in [6, 6.07) is 0. The molecule has 2 aliphatic carbocycles. The summed E-state index contributed by atoms with van der Waals surface area (Å²) in [5.74, 6) is -0.460. The molecule has 3 rings (SSSR count). The highest BCUT2D eigenvalue weighted by Gasteiger charge is 2.29. The van der Waals surface area contributed by atoms with E-state index in [0.29, 0.717) is 12.8 Å². The molecule has 0 fully saturated rings. The summed E-state index contributed by atoms with van der Waals surface area (Å²) in [6.45, 7) is 2.14. The minimum absolute atomic E-state index is 0.108. The third-order valence-electron chi connectivity index (χ3n) is 5.17. The van der Waals surface area contributed by atoms with Crippen LogP contribution in [0.1, 0.15) is 39.0 Å². The lowest BCUT2D eigenvalue weighted by Gasteiger charge is -2.36. The van der Waals surface area contributed by atoms with Crippen molar-refractivity contribution in [1.29, 1.82) is 0 Å². The van der Waals surface area contributed by atoms with Gasteiger partial charge in [0.25, 0.3) is 0 Å². The molecule has 0 amide bonds. The fourth-order valence-corrected chi connectivity index (χ4v) is 3.98. The molecule has 0 aromatic carbocycles. The third-order valence-corrected chi connectivity index (χ3v) is 5.42. The fraction of sp³-hybridized carbons (Fsp3) is 0.429. The van der Waals surface area contributed by atoms with Gasteiger partial charge in [0.05, 0.1) is 11.4 Å². The van der Waals surface area contributed by atoms with Crippen molar-refractivity contribution in [3.05, 3.63) is 58.2 Å². The van der Waals surface area contributed by atoms with Crippen LogP contribution < -0.4 is 10.6 Å². The minimum Gasteiger partial charge on any atom is -0.481 e. The van der Waals surface area contributed by atoms with E-state index in [-0.39, 0.29) is 24.2 Å². The molecule has 0 aromatic rings. The first-order valence-corrected chi connectivity index (χ1v) is 9.77. The molecule has 5 nitrogen and oxygen atoms in total. The van der Waals surface area contributed by atoms with E-state index in [0.717, 1.165) is 46.9 Å². The number of carbonyl (C=O) groups is 2. The lowest BCUT2D eigenvalue weighted by atomic mass is 9.84. The van der Waals surface area contributed by atoms with Gasteiger partial charge in [0, 0.05) is 34.7 Å². The number of carbonyl (C=O) groups excluding carboxylic acids is 1. The maximum Gasteiger partial charge on any atom is 0.303 e. The second-order valence-corrected chi connectivity index (χ2v) is 7.71. The van der Waals surface area contributed by atoms with E-state index in [4.69, 9.17) is 16.7 Å². The van der Waals surface area contributed by atoms with Crippen LogP contribution in [0.25, 0.3) is 0 Å². The van der Waals surface area contributed by atoms with Crippen LogP contribution in [0.2, 0.25) is 0 Å². The Hall–Kier alpha value is -2.27. The molecule has 27 heavy (non-hydrogen) atoms. The van der Waals surface area contributed by atoms with Crippen LogP contribution in [-0.4, -0.2) is 17.4 Å². The predicted octanol–water partition coefficient (Wildman–Crippen LogP) is 3.97. The summed E-state index contributed by atoms with van der Waals surface area (Å²) >= 11 is 6.14. The van der Waals surface area contributed by atoms with Gasteiger partial charge in [-0.05, 0) is 43.8 Å². The van der Waals surface area contributed by atoms with Gasteiger partial charge in [-0.3, -0.25) is 4.79 Å². The monoisotopic (exact) mass is 388 g/mol. The van der Waals surface area contributed by atoms with E-state index < -0.39 is 5.97 Å². The van der Waals surface area contributed by atoms with E-state index in [1.807, 2.05) is 18.2 Å². The first-order chi connectivity index (χ1) is 13.0. The lowest BCUT2D eigenvalue weighted by molar-refractivity contribution is -0.137. The standard InChI is InChI=1S/C21H25ClN2O3/c1-13-10-15(22)7-8-16(13)21-18(4-2-3-5-20(26)27)23-19-11-14(12-25)6-9-17(19)24-21/h7-14,16,23-24H,2-6H2,1H3,(H,26,27). The van der Waals surface area contributed by atoms with Crippen molar-refractivity contribution in [3.8, 4) is 0 Å². The highest BCUT2D eigenvalue weighted by Crippen LogP contribution is 2.35. The predicted molar refractivity (Wildman–Crippen MR) is 105 cm³/mol. The molecule has 6 heteroatoms. The van der Waals surface area contributed by atoms with Crippen LogP contribution in [0.4, 0.5) is 0 Å². The number of rotatable bonds is 7. The quantitative estimate of drug-likeness (QED) is 0.454. The number of carboxylic acids is 1. The number of allylic oxidation sites excluding steroid dienone is 7. The van der Waals surface area contributed by atoms with Gasteiger partial charge < -0.3 is 20.5 Å². The number of halogens is 1. The molecule has 1 aliphatic heterocycles. The normalized spacial score (nSPS) is 26.9. The van der Waals surface area contributed by atoms with Gasteiger partial charge in [-0.25, -0.2) is 0 Å². The second kappa shape index (κ2) is 8.61. The van der Waals surface area contributed by atoms with Crippen molar-refractivity contribution < 1.29 is 14.7 Å². The van der Waals surface area contributed by atoms with E-state index >= 15 is 0 Å². The maximum atomic E-state index is 11.2. The number of hydrogen-bond acceptors (Lipinski definition) is 4. The average molecular weight is 389 g/mol. The van der Waals surface area contributed by atoms with E-state index in [9.17, 15) is 9.59 Å². The van der Waals surface area contributed by atoms with Crippen LogP contribution in [-0.2, 0) is 9.59 Å². The Morgan fingerprint density at radius 2 is 2.11 bits per heavy atom. The highest BCUT2D eigenvalue weighted by molar-refractivity contribution is 6.31. The van der Waals surface area contributed by atoms with Gasteiger partial charge in [-0.1, -0.05) is 36.8 Å². The fourth-order valence-electron chi connectivity index (χ4n) is 3.71. The minimum atomic E-state index is -0.767. The zero-order valence-electron chi connectivity index (χ0n) is 15.4. The van der Waals surface area contributed by atoms with Crippen LogP contribution in [0.5, 0.6) is 0 Å².